The minimum Gasteiger partial charge on any atom is -0.378 e. The molecule has 150 valence electrons. The molecule has 0 spiro atoms. The van der Waals surface area contributed by atoms with E-state index in [1.807, 2.05) is 13.8 Å². The number of unbranched alkanes of at least 4 members (excludes halogenated alkanes) is 2. The van der Waals surface area contributed by atoms with Gasteiger partial charge in [-0.1, -0.05) is 19.3 Å². The van der Waals surface area contributed by atoms with Gasteiger partial charge >= 0.3 is 0 Å². The Hall–Kier alpha value is -0.0800. The Morgan fingerprint density at radius 2 is 1.80 bits per heavy atom. The number of hydrogen-bond acceptors (Lipinski definition) is 3. The molecule has 0 heterocycles. The Kier molecular flexibility index (Phi) is 15.0. The van der Waals surface area contributed by atoms with Gasteiger partial charge in [-0.3, -0.25) is 4.99 Å². The Balaban J connectivity index is 0.00000576. The minimum absolute atomic E-state index is 0. The number of methoxy groups -OCH3 is 1. The van der Waals surface area contributed by atoms with Crippen LogP contribution in [0.1, 0.15) is 72.1 Å². The van der Waals surface area contributed by atoms with Crippen LogP contribution in [0.4, 0.5) is 0 Å². The molecule has 1 aliphatic rings. The maximum absolute atomic E-state index is 5.97. The summed E-state index contributed by atoms with van der Waals surface area (Å²) in [6.45, 7) is 9.56. The molecule has 6 heteroatoms. The molecule has 1 saturated carbocycles. The minimum atomic E-state index is -0.223. The maximum Gasteiger partial charge on any atom is 0.191 e. The monoisotopic (exact) mass is 469 g/mol. The van der Waals surface area contributed by atoms with Gasteiger partial charge in [-0.15, -0.1) is 24.0 Å². The van der Waals surface area contributed by atoms with Gasteiger partial charge in [0.1, 0.15) is 0 Å². The first-order valence-electron chi connectivity index (χ1n) is 9.76. The Labute approximate surface area is 172 Å². The van der Waals surface area contributed by atoms with Gasteiger partial charge in [-0.05, 0) is 52.9 Å². The normalized spacial score (nSPS) is 16.4. The number of rotatable bonds is 11. The molecular formula is C19H40IN3O2. The molecule has 1 rings (SSSR count). The van der Waals surface area contributed by atoms with Gasteiger partial charge in [0.15, 0.2) is 5.96 Å². The fraction of sp³-hybridized carbons (Fsp3) is 0.947. The van der Waals surface area contributed by atoms with Gasteiger partial charge in [-0.2, -0.15) is 0 Å². The fourth-order valence-corrected chi connectivity index (χ4v) is 2.77. The second-order valence-corrected chi connectivity index (χ2v) is 7.28. The second-order valence-electron chi connectivity index (χ2n) is 7.28. The van der Waals surface area contributed by atoms with Crippen LogP contribution in [-0.2, 0) is 9.47 Å². The van der Waals surface area contributed by atoms with Crippen molar-refractivity contribution in [3.63, 3.8) is 0 Å². The van der Waals surface area contributed by atoms with E-state index in [-0.39, 0.29) is 29.6 Å². The molecule has 25 heavy (non-hydrogen) atoms. The van der Waals surface area contributed by atoms with E-state index < -0.39 is 0 Å². The lowest BCUT2D eigenvalue weighted by Gasteiger charge is -2.22. The summed E-state index contributed by atoms with van der Waals surface area (Å²) < 4.78 is 11.4. The Morgan fingerprint density at radius 3 is 2.44 bits per heavy atom. The highest BCUT2D eigenvalue weighted by atomic mass is 127. The third-order valence-corrected chi connectivity index (χ3v) is 4.53. The molecule has 0 aromatic rings. The van der Waals surface area contributed by atoms with Crippen molar-refractivity contribution < 1.29 is 9.47 Å². The molecule has 1 aliphatic carbocycles. The molecule has 0 aromatic carbocycles. The number of ether oxygens (including phenoxy) is 2. The third kappa shape index (κ3) is 12.8. The Bertz CT molecular complexity index is 346. The number of aliphatic imine (C=N–C) groups is 1. The number of nitrogens with zero attached hydrogens (tertiary/aromatic N) is 1. The van der Waals surface area contributed by atoms with E-state index in [0.717, 1.165) is 38.5 Å². The van der Waals surface area contributed by atoms with Crippen LogP contribution in [0.2, 0.25) is 0 Å². The Morgan fingerprint density at radius 1 is 1.08 bits per heavy atom. The molecule has 0 aromatic heterocycles. The number of hydrogen-bond donors (Lipinski definition) is 2. The quantitative estimate of drug-likeness (QED) is 0.207. The molecule has 0 aliphatic heterocycles. The van der Waals surface area contributed by atoms with Crippen LogP contribution in [0.5, 0.6) is 0 Å². The lowest BCUT2D eigenvalue weighted by molar-refractivity contribution is 0.0263. The smallest absolute Gasteiger partial charge is 0.191 e. The highest BCUT2D eigenvalue weighted by molar-refractivity contribution is 14.0. The van der Waals surface area contributed by atoms with Crippen molar-refractivity contribution in [3.05, 3.63) is 0 Å². The predicted molar refractivity (Wildman–Crippen MR) is 117 cm³/mol. The molecule has 2 N–H and O–H groups in total. The lowest BCUT2D eigenvalue weighted by Crippen LogP contribution is -2.39. The summed E-state index contributed by atoms with van der Waals surface area (Å²) >= 11 is 0. The molecule has 0 radical (unpaired) electrons. The number of guanidine groups is 1. The highest BCUT2D eigenvalue weighted by Gasteiger charge is 2.15. The lowest BCUT2D eigenvalue weighted by atomic mass is 9.98. The standard InChI is InChI=1S/C19H39N3O2.HI/c1-5-20-18(22-16-19(2,3)23-4)21-14-10-7-11-15-24-17-12-8-6-9-13-17;/h17H,5-16H2,1-4H3,(H2,20,21,22);1H. The van der Waals surface area contributed by atoms with Crippen molar-refractivity contribution in [2.45, 2.75) is 83.8 Å². The van der Waals surface area contributed by atoms with Crippen molar-refractivity contribution in [3.8, 4) is 0 Å². The first-order chi connectivity index (χ1) is 11.6. The summed E-state index contributed by atoms with van der Waals surface area (Å²) in [5.74, 6) is 0.876. The highest BCUT2D eigenvalue weighted by Crippen LogP contribution is 2.20. The van der Waals surface area contributed by atoms with Crippen LogP contribution in [0.15, 0.2) is 4.99 Å². The summed E-state index contributed by atoms with van der Waals surface area (Å²) in [4.78, 5) is 4.60. The predicted octanol–water partition coefficient (Wildman–Crippen LogP) is 4.10. The first-order valence-corrected chi connectivity index (χ1v) is 9.76. The van der Waals surface area contributed by atoms with Crippen LogP contribution in [0, 0.1) is 0 Å². The molecule has 0 bridgehead atoms. The number of nitrogens with one attached hydrogen (secondary N) is 2. The maximum atomic E-state index is 5.97. The fourth-order valence-electron chi connectivity index (χ4n) is 2.77. The average molecular weight is 469 g/mol. The molecule has 0 unspecified atom stereocenters. The van der Waals surface area contributed by atoms with E-state index in [1.165, 1.54) is 38.5 Å². The topological polar surface area (TPSA) is 54.9 Å². The largest absolute Gasteiger partial charge is 0.378 e. The summed E-state index contributed by atoms with van der Waals surface area (Å²) in [6.07, 6.45) is 10.7. The molecule has 5 nitrogen and oxygen atoms in total. The SMILES string of the molecule is CCNC(=NCC(C)(C)OC)NCCCCCOC1CCCCC1.I. The summed E-state index contributed by atoms with van der Waals surface area (Å²) in [5, 5.41) is 6.68. The van der Waals surface area contributed by atoms with E-state index >= 15 is 0 Å². The molecule has 0 amide bonds. The first kappa shape index (κ1) is 24.9. The summed E-state index contributed by atoms with van der Waals surface area (Å²) in [6, 6.07) is 0. The van der Waals surface area contributed by atoms with Crippen molar-refractivity contribution in [1.82, 2.24) is 10.6 Å². The van der Waals surface area contributed by atoms with E-state index in [0.29, 0.717) is 12.6 Å². The van der Waals surface area contributed by atoms with Gasteiger partial charge in [0.2, 0.25) is 0 Å². The zero-order valence-electron chi connectivity index (χ0n) is 16.7. The molecule has 0 atom stereocenters. The zero-order valence-corrected chi connectivity index (χ0v) is 19.1. The number of halogens is 1. The van der Waals surface area contributed by atoms with Crippen molar-refractivity contribution in [2.24, 2.45) is 4.99 Å². The van der Waals surface area contributed by atoms with Gasteiger partial charge in [0, 0.05) is 26.8 Å². The molecule has 1 fully saturated rings. The third-order valence-electron chi connectivity index (χ3n) is 4.53. The van der Waals surface area contributed by atoms with Crippen LogP contribution in [-0.4, -0.2) is 51.0 Å². The van der Waals surface area contributed by atoms with E-state index in [4.69, 9.17) is 9.47 Å². The summed E-state index contributed by atoms with van der Waals surface area (Å²) in [7, 11) is 1.73. The average Bonchev–Trinajstić information content (AvgIpc) is 2.59. The van der Waals surface area contributed by atoms with Gasteiger partial charge in [0.05, 0.1) is 18.2 Å². The zero-order chi connectivity index (χ0) is 17.7. The van der Waals surface area contributed by atoms with Gasteiger partial charge in [-0.25, -0.2) is 0 Å². The van der Waals surface area contributed by atoms with Crippen LogP contribution >= 0.6 is 24.0 Å². The van der Waals surface area contributed by atoms with E-state index in [2.05, 4.69) is 22.5 Å². The van der Waals surface area contributed by atoms with E-state index in [9.17, 15) is 0 Å². The van der Waals surface area contributed by atoms with E-state index in [1.54, 1.807) is 7.11 Å². The van der Waals surface area contributed by atoms with Gasteiger partial charge in [0.25, 0.3) is 0 Å². The van der Waals surface area contributed by atoms with Crippen LogP contribution in [0.25, 0.3) is 0 Å². The van der Waals surface area contributed by atoms with Crippen molar-refractivity contribution in [2.75, 3.05) is 33.4 Å². The van der Waals surface area contributed by atoms with Gasteiger partial charge < -0.3 is 20.1 Å². The molecular weight excluding hydrogens is 429 g/mol. The summed E-state index contributed by atoms with van der Waals surface area (Å²) in [5.41, 5.74) is -0.223. The van der Waals surface area contributed by atoms with Crippen LogP contribution in [0.3, 0.4) is 0 Å². The van der Waals surface area contributed by atoms with Crippen molar-refractivity contribution in [1.29, 1.82) is 0 Å². The second kappa shape index (κ2) is 15.0. The molecule has 0 saturated heterocycles. The van der Waals surface area contributed by atoms with Crippen LogP contribution < -0.4 is 10.6 Å². The van der Waals surface area contributed by atoms with Crippen molar-refractivity contribution >= 4 is 29.9 Å².